The highest BCUT2D eigenvalue weighted by atomic mass is 35.5. The first-order valence-electron chi connectivity index (χ1n) is 7.33. The van der Waals surface area contributed by atoms with Crippen LogP contribution in [0.5, 0.6) is 0 Å². The molecular weight excluding hydrogens is 316 g/mol. The van der Waals surface area contributed by atoms with Gasteiger partial charge >= 0.3 is 5.97 Å². The van der Waals surface area contributed by atoms with E-state index in [0.29, 0.717) is 16.4 Å². The van der Waals surface area contributed by atoms with E-state index >= 15 is 0 Å². The van der Waals surface area contributed by atoms with Crippen LogP contribution in [0.1, 0.15) is 10.4 Å². The number of hydrogen-bond donors (Lipinski definition) is 0. The Balaban J connectivity index is 1.75. The number of nitrogens with zero attached hydrogens (tertiary/aromatic N) is 4. The predicted molar refractivity (Wildman–Crippen MR) is 89.2 cm³/mol. The minimum atomic E-state index is -0.368. The maximum Gasteiger partial charge on any atom is 0.341 e. The largest absolute Gasteiger partial charge is 0.465 e. The number of halogens is 1. The second-order valence-corrected chi connectivity index (χ2v) is 5.57. The molecule has 2 aromatic heterocycles. The second-order valence-electron chi connectivity index (χ2n) is 5.17. The smallest absolute Gasteiger partial charge is 0.341 e. The molecule has 1 aliphatic rings. The number of pyridine rings is 2. The number of aromatic nitrogens is 2. The van der Waals surface area contributed by atoms with Gasteiger partial charge < -0.3 is 14.5 Å². The lowest BCUT2D eigenvalue weighted by Crippen LogP contribution is -2.47. The average molecular weight is 333 g/mol. The molecule has 0 aromatic carbocycles. The number of anilines is 2. The lowest BCUT2D eigenvalue weighted by atomic mass is 10.2. The quantitative estimate of drug-likeness (QED) is 0.803. The van der Waals surface area contributed by atoms with E-state index in [0.717, 1.165) is 31.9 Å². The van der Waals surface area contributed by atoms with Crippen LogP contribution in [-0.2, 0) is 4.74 Å². The molecule has 3 rings (SSSR count). The van der Waals surface area contributed by atoms with Gasteiger partial charge in [-0.3, -0.25) is 4.98 Å². The van der Waals surface area contributed by atoms with Crippen molar-refractivity contribution in [1.82, 2.24) is 9.97 Å². The number of methoxy groups -OCH3 is 1. The maximum absolute atomic E-state index is 11.9. The first-order valence-corrected chi connectivity index (χ1v) is 7.71. The summed E-state index contributed by atoms with van der Waals surface area (Å²) in [5.41, 5.74) is 1.47. The fourth-order valence-corrected chi connectivity index (χ4v) is 2.94. The minimum absolute atomic E-state index is 0.368. The van der Waals surface area contributed by atoms with Gasteiger partial charge in [0.15, 0.2) is 0 Å². The Morgan fingerprint density at radius 2 is 1.91 bits per heavy atom. The van der Waals surface area contributed by atoms with Gasteiger partial charge in [-0.1, -0.05) is 11.6 Å². The van der Waals surface area contributed by atoms with E-state index in [2.05, 4.69) is 19.8 Å². The van der Waals surface area contributed by atoms with Crippen molar-refractivity contribution in [2.45, 2.75) is 0 Å². The van der Waals surface area contributed by atoms with Crippen LogP contribution in [0.4, 0.5) is 11.5 Å². The molecule has 0 atom stereocenters. The third-order valence-corrected chi connectivity index (χ3v) is 4.15. The van der Waals surface area contributed by atoms with E-state index in [9.17, 15) is 4.79 Å². The van der Waals surface area contributed by atoms with Gasteiger partial charge in [0.25, 0.3) is 0 Å². The van der Waals surface area contributed by atoms with E-state index in [4.69, 9.17) is 16.3 Å². The zero-order valence-corrected chi connectivity index (χ0v) is 13.5. The second kappa shape index (κ2) is 6.83. The predicted octanol–water partition coefficient (Wildman–Crippen LogP) is 2.24. The van der Waals surface area contributed by atoms with Gasteiger partial charge in [-0.25, -0.2) is 9.78 Å². The lowest BCUT2D eigenvalue weighted by molar-refractivity contribution is 0.0601. The molecule has 0 bridgehead atoms. The van der Waals surface area contributed by atoms with Crippen molar-refractivity contribution in [2.75, 3.05) is 43.1 Å². The van der Waals surface area contributed by atoms with Crippen molar-refractivity contribution >= 4 is 29.1 Å². The summed E-state index contributed by atoms with van der Waals surface area (Å²) in [7, 11) is 1.38. The van der Waals surface area contributed by atoms with E-state index in [1.807, 2.05) is 6.07 Å². The molecule has 0 unspecified atom stereocenters. The molecule has 0 saturated carbocycles. The summed E-state index contributed by atoms with van der Waals surface area (Å²) in [5, 5.41) is 0.647. The molecule has 0 radical (unpaired) electrons. The molecule has 1 fully saturated rings. The van der Waals surface area contributed by atoms with E-state index < -0.39 is 0 Å². The van der Waals surface area contributed by atoms with Crippen LogP contribution < -0.4 is 9.80 Å². The minimum Gasteiger partial charge on any atom is -0.465 e. The number of esters is 1. The van der Waals surface area contributed by atoms with Crippen LogP contribution in [-0.4, -0.2) is 49.2 Å². The van der Waals surface area contributed by atoms with E-state index in [1.165, 1.54) is 7.11 Å². The number of carbonyl (C=O) groups is 1. The molecule has 23 heavy (non-hydrogen) atoms. The van der Waals surface area contributed by atoms with E-state index in [-0.39, 0.29) is 5.97 Å². The Labute approximate surface area is 139 Å². The van der Waals surface area contributed by atoms with Crippen molar-refractivity contribution < 1.29 is 9.53 Å². The number of rotatable bonds is 3. The summed E-state index contributed by atoms with van der Waals surface area (Å²) in [5.74, 6) is 0.299. The molecule has 3 heterocycles. The van der Waals surface area contributed by atoms with Gasteiger partial charge in [0.1, 0.15) is 11.4 Å². The Hall–Kier alpha value is -2.34. The maximum atomic E-state index is 11.9. The lowest BCUT2D eigenvalue weighted by Gasteiger charge is -2.37. The zero-order chi connectivity index (χ0) is 16.2. The summed E-state index contributed by atoms with van der Waals surface area (Å²) in [6.45, 7) is 3.08. The first kappa shape index (κ1) is 15.6. The van der Waals surface area contributed by atoms with Gasteiger partial charge in [0.05, 0.1) is 17.8 Å². The molecule has 0 aliphatic carbocycles. The number of ether oxygens (including phenoxy) is 1. The Morgan fingerprint density at radius 3 is 2.61 bits per heavy atom. The zero-order valence-electron chi connectivity index (χ0n) is 12.8. The highest BCUT2D eigenvalue weighted by Crippen LogP contribution is 2.27. The summed E-state index contributed by atoms with van der Waals surface area (Å²) >= 11 is 6.21. The van der Waals surface area contributed by atoms with Crippen molar-refractivity contribution in [3.63, 3.8) is 0 Å². The van der Waals surface area contributed by atoms with Gasteiger partial charge in [0.2, 0.25) is 0 Å². The van der Waals surface area contributed by atoms with Crippen LogP contribution in [0.15, 0.2) is 36.8 Å². The van der Waals surface area contributed by atoms with Gasteiger partial charge in [0, 0.05) is 44.8 Å². The molecular formula is C16H17ClN4O2. The van der Waals surface area contributed by atoms with Crippen molar-refractivity contribution in [2.24, 2.45) is 0 Å². The normalized spacial score (nSPS) is 14.7. The van der Waals surface area contributed by atoms with Crippen molar-refractivity contribution in [3.05, 3.63) is 47.4 Å². The molecule has 1 saturated heterocycles. The molecule has 6 nitrogen and oxygen atoms in total. The van der Waals surface area contributed by atoms with Gasteiger partial charge in [-0.05, 0) is 18.2 Å². The highest BCUT2D eigenvalue weighted by Gasteiger charge is 2.23. The fourth-order valence-electron chi connectivity index (χ4n) is 2.70. The monoisotopic (exact) mass is 332 g/mol. The molecule has 1 aliphatic heterocycles. The van der Waals surface area contributed by atoms with Crippen LogP contribution in [0, 0.1) is 0 Å². The summed E-state index contributed by atoms with van der Waals surface area (Å²) in [6, 6.07) is 5.39. The van der Waals surface area contributed by atoms with Crippen LogP contribution in [0.3, 0.4) is 0 Å². The molecule has 0 spiro atoms. The highest BCUT2D eigenvalue weighted by molar-refractivity contribution is 6.33. The summed E-state index contributed by atoms with van der Waals surface area (Å²) in [4.78, 5) is 24.6. The molecule has 2 aromatic rings. The van der Waals surface area contributed by atoms with E-state index in [1.54, 1.807) is 30.7 Å². The van der Waals surface area contributed by atoms with Crippen LogP contribution in [0.2, 0.25) is 5.02 Å². The first-order chi connectivity index (χ1) is 11.2. The standard InChI is InChI=1S/C16H17ClN4O2/c1-23-16(22)12-3-2-5-19-15(12)21-9-7-20(8-10-21)14-4-6-18-11-13(14)17/h2-6,11H,7-10H2,1H3. The fraction of sp³-hybridized carbons (Fsp3) is 0.312. The Kier molecular flexibility index (Phi) is 4.62. The topological polar surface area (TPSA) is 58.6 Å². The third kappa shape index (κ3) is 3.22. The summed E-state index contributed by atoms with van der Waals surface area (Å²) < 4.78 is 4.83. The Bertz CT molecular complexity index is 702. The molecule has 120 valence electrons. The van der Waals surface area contributed by atoms with Crippen molar-refractivity contribution in [3.8, 4) is 0 Å². The van der Waals surface area contributed by atoms with Gasteiger partial charge in [-0.2, -0.15) is 0 Å². The van der Waals surface area contributed by atoms with Gasteiger partial charge in [-0.15, -0.1) is 0 Å². The van der Waals surface area contributed by atoms with Crippen molar-refractivity contribution in [1.29, 1.82) is 0 Å². The summed E-state index contributed by atoms with van der Waals surface area (Å²) in [6.07, 6.45) is 5.08. The molecule has 0 N–H and O–H groups in total. The van der Waals surface area contributed by atoms with Crippen LogP contribution in [0.25, 0.3) is 0 Å². The Morgan fingerprint density at radius 1 is 1.17 bits per heavy atom. The molecule has 7 heteroatoms. The number of hydrogen-bond acceptors (Lipinski definition) is 6. The SMILES string of the molecule is COC(=O)c1cccnc1N1CCN(c2ccncc2Cl)CC1. The number of carbonyl (C=O) groups excluding carboxylic acids is 1. The third-order valence-electron chi connectivity index (χ3n) is 3.86. The number of piperazine rings is 1. The van der Waals surface area contributed by atoms with Crippen LogP contribution >= 0.6 is 11.6 Å². The average Bonchev–Trinajstić information content (AvgIpc) is 2.62. The molecule has 0 amide bonds.